The van der Waals surface area contributed by atoms with Crippen LogP contribution in [-0.2, 0) is 14.8 Å². The first-order valence-electron chi connectivity index (χ1n) is 6.11. The third-order valence-corrected chi connectivity index (χ3v) is 4.72. The number of halogens is 1. The second-order valence-electron chi connectivity index (χ2n) is 4.29. The summed E-state index contributed by atoms with van der Waals surface area (Å²) in [6.45, 7) is -0.333. The van der Waals surface area contributed by atoms with Crippen LogP contribution in [0.15, 0.2) is 23.1 Å². The number of piperazine rings is 1. The van der Waals surface area contributed by atoms with Crippen LogP contribution in [0.5, 0.6) is 0 Å². The Morgan fingerprint density at radius 2 is 2.19 bits per heavy atom. The highest BCUT2D eigenvalue weighted by Crippen LogP contribution is 2.19. The Balaban J connectivity index is 2.32. The molecule has 0 bridgehead atoms. The standard InChI is InChI=1S/C13H13FN2O4S/c14-12-8-11(4-3-10(12)2-1-7-17)21(19,20)16-6-5-15-13(18)9-16/h3-4,8,17H,5-7,9H2,(H,15,18). The molecule has 0 unspecified atom stereocenters. The number of hydrogen-bond donors (Lipinski definition) is 2. The van der Waals surface area contributed by atoms with E-state index in [-0.39, 0.29) is 30.1 Å². The van der Waals surface area contributed by atoms with Gasteiger partial charge in [0.05, 0.1) is 17.0 Å². The topological polar surface area (TPSA) is 86.7 Å². The summed E-state index contributed by atoms with van der Waals surface area (Å²) in [5.74, 6) is 3.48. The lowest BCUT2D eigenvalue weighted by molar-refractivity contribution is -0.122. The van der Waals surface area contributed by atoms with E-state index >= 15 is 0 Å². The van der Waals surface area contributed by atoms with Crippen LogP contribution in [0.1, 0.15) is 5.56 Å². The Morgan fingerprint density at radius 3 is 2.81 bits per heavy atom. The van der Waals surface area contributed by atoms with Gasteiger partial charge in [-0.1, -0.05) is 11.8 Å². The zero-order chi connectivity index (χ0) is 15.5. The molecule has 1 amide bonds. The highest BCUT2D eigenvalue weighted by Gasteiger charge is 2.29. The van der Waals surface area contributed by atoms with Gasteiger partial charge in [-0.3, -0.25) is 4.79 Å². The van der Waals surface area contributed by atoms with E-state index in [0.29, 0.717) is 0 Å². The Kier molecular flexibility index (Phi) is 4.57. The molecular weight excluding hydrogens is 299 g/mol. The number of carbonyl (C=O) groups is 1. The molecule has 2 rings (SSSR count). The number of aliphatic hydroxyl groups excluding tert-OH is 1. The fourth-order valence-electron chi connectivity index (χ4n) is 1.86. The van der Waals surface area contributed by atoms with E-state index in [2.05, 4.69) is 17.2 Å². The molecule has 0 atom stereocenters. The van der Waals surface area contributed by atoms with Crippen molar-refractivity contribution in [3.63, 3.8) is 0 Å². The van der Waals surface area contributed by atoms with Crippen LogP contribution in [0.2, 0.25) is 0 Å². The molecule has 1 saturated heterocycles. The summed E-state index contributed by atoms with van der Waals surface area (Å²) in [6, 6.07) is 3.32. The second kappa shape index (κ2) is 6.22. The quantitative estimate of drug-likeness (QED) is 0.706. The number of hydrogen-bond acceptors (Lipinski definition) is 4. The Hall–Kier alpha value is -1.95. The summed E-state index contributed by atoms with van der Waals surface area (Å²) < 4.78 is 39.4. The minimum atomic E-state index is -3.92. The van der Waals surface area contributed by atoms with Gasteiger partial charge in [-0.05, 0) is 18.2 Å². The van der Waals surface area contributed by atoms with Gasteiger partial charge in [0.25, 0.3) is 0 Å². The van der Waals surface area contributed by atoms with Crippen LogP contribution in [-0.4, -0.2) is 50.0 Å². The molecule has 6 nitrogen and oxygen atoms in total. The molecule has 1 aliphatic heterocycles. The Bertz CT molecular complexity index is 721. The first kappa shape index (κ1) is 15.4. The van der Waals surface area contributed by atoms with Crippen molar-refractivity contribution < 1.29 is 22.7 Å². The third-order valence-electron chi connectivity index (χ3n) is 2.88. The predicted molar refractivity (Wildman–Crippen MR) is 72.1 cm³/mol. The third kappa shape index (κ3) is 3.39. The summed E-state index contributed by atoms with van der Waals surface area (Å²) in [6.07, 6.45) is 0. The fourth-order valence-corrected chi connectivity index (χ4v) is 3.27. The van der Waals surface area contributed by atoms with Gasteiger partial charge in [-0.25, -0.2) is 12.8 Å². The Morgan fingerprint density at radius 1 is 1.43 bits per heavy atom. The highest BCUT2D eigenvalue weighted by molar-refractivity contribution is 7.89. The molecule has 112 valence electrons. The molecule has 8 heteroatoms. The van der Waals surface area contributed by atoms with Gasteiger partial charge in [-0.2, -0.15) is 4.31 Å². The van der Waals surface area contributed by atoms with E-state index in [1.807, 2.05) is 0 Å². The van der Waals surface area contributed by atoms with Crippen LogP contribution in [0.4, 0.5) is 4.39 Å². The van der Waals surface area contributed by atoms with Gasteiger partial charge in [0.2, 0.25) is 15.9 Å². The van der Waals surface area contributed by atoms with Gasteiger partial charge in [0.15, 0.2) is 0 Å². The summed E-state index contributed by atoms with van der Waals surface area (Å²) in [4.78, 5) is 11.0. The smallest absolute Gasteiger partial charge is 0.243 e. The van der Waals surface area contributed by atoms with E-state index in [0.717, 1.165) is 10.4 Å². The minimum absolute atomic E-state index is 0.000567. The van der Waals surface area contributed by atoms with Gasteiger partial charge in [0, 0.05) is 13.1 Å². The van der Waals surface area contributed by atoms with E-state index in [1.54, 1.807) is 0 Å². The maximum atomic E-state index is 13.8. The van der Waals surface area contributed by atoms with E-state index in [1.165, 1.54) is 12.1 Å². The van der Waals surface area contributed by atoms with Crippen LogP contribution < -0.4 is 5.32 Å². The van der Waals surface area contributed by atoms with Crippen molar-refractivity contribution in [3.8, 4) is 11.8 Å². The molecule has 1 fully saturated rings. The first-order chi connectivity index (χ1) is 9.95. The summed E-state index contributed by atoms with van der Waals surface area (Å²) in [7, 11) is -3.92. The van der Waals surface area contributed by atoms with Crippen molar-refractivity contribution in [2.24, 2.45) is 0 Å². The van der Waals surface area contributed by atoms with Crippen molar-refractivity contribution in [2.75, 3.05) is 26.2 Å². The van der Waals surface area contributed by atoms with Crippen molar-refractivity contribution >= 4 is 15.9 Å². The largest absolute Gasteiger partial charge is 0.384 e. The van der Waals surface area contributed by atoms with Crippen molar-refractivity contribution in [1.29, 1.82) is 0 Å². The molecule has 1 aromatic carbocycles. The zero-order valence-corrected chi connectivity index (χ0v) is 11.8. The number of nitrogens with zero attached hydrogens (tertiary/aromatic N) is 1. The molecule has 0 aromatic heterocycles. The molecular formula is C13H13FN2O4S. The number of nitrogens with one attached hydrogen (secondary N) is 1. The number of benzene rings is 1. The van der Waals surface area contributed by atoms with Crippen LogP contribution in [0, 0.1) is 17.7 Å². The highest BCUT2D eigenvalue weighted by atomic mass is 32.2. The van der Waals surface area contributed by atoms with Crippen molar-refractivity contribution in [2.45, 2.75) is 4.90 Å². The first-order valence-corrected chi connectivity index (χ1v) is 7.55. The van der Waals surface area contributed by atoms with Crippen LogP contribution in [0.3, 0.4) is 0 Å². The molecule has 2 N–H and O–H groups in total. The number of carbonyl (C=O) groups excluding carboxylic acids is 1. The number of aliphatic hydroxyl groups is 1. The lowest BCUT2D eigenvalue weighted by Crippen LogP contribution is -2.49. The summed E-state index contributed by atoms with van der Waals surface area (Å²) in [5, 5.41) is 11.1. The second-order valence-corrected chi connectivity index (χ2v) is 6.23. The molecule has 1 aromatic rings. The van der Waals surface area contributed by atoms with E-state index in [4.69, 9.17) is 5.11 Å². The van der Waals surface area contributed by atoms with Crippen molar-refractivity contribution in [1.82, 2.24) is 9.62 Å². The molecule has 1 heterocycles. The monoisotopic (exact) mass is 312 g/mol. The van der Waals surface area contributed by atoms with Gasteiger partial charge < -0.3 is 10.4 Å². The van der Waals surface area contributed by atoms with Gasteiger partial charge in [0.1, 0.15) is 12.4 Å². The Labute approximate surface area is 121 Å². The van der Waals surface area contributed by atoms with Crippen molar-refractivity contribution in [3.05, 3.63) is 29.6 Å². The SMILES string of the molecule is O=C1CN(S(=O)(=O)c2ccc(C#CCO)c(F)c2)CCN1. The maximum Gasteiger partial charge on any atom is 0.243 e. The van der Waals surface area contributed by atoms with Gasteiger partial charge in [-0.15, -0.1) is 0 Å². The molecule has 21 heavy (non-hydrogen) atoms. The van der Waals surface area contributed by atoms with E-state index < -0.39 is 28.4 Å². The number of sulfonamides is 1. The molecule has 1 aliphatic rings. The number of amides is 1. The lowest BCUT2D eigenvalue weighted by atomic mass is 10.2. The normalized spacial score (nSPS) is 16.0. The maximum absolute atomic E-state index is 13.8. The average Bonchev–Trinajstić information content (AvgIpc) is 2.46. The zero-order valence-electron chi connectivity index (χ0n) is 11.0. The van der Waals surface area contributed by atoms with Gasteiger partial charge >= 0.3 is 0 Å². The van der Waals surface area contributed by atoms with Crippen LogP contribution >= 0.6 is 0 Å². The average molecular weight is 312 g/mol. The lowest BCUT2D eigenvalue weighted by Gasteiger charge is -2.25. The summed E-state index contributed by atoms with van der Waals surface area (Å²) in [5.41, 5.74) is -0.000567. The fraction of sp³-hybridized carbons (Fsp3) is 0.308. The molecule has 0 saturated carbocycles. The van der Waals surface area contributed by atoms with E-state index in [9.17, 15) is 17.6 Å². The molecule has 0 radical (unpaired) electrons. The summed E-state index contributed by atoms with van der Waals surface area (Å²) >= 11 is 0. The van der Waals surface area contributed by atoms with Crippen LogP contribution in [0.25, 0.3) is 0 Å². The predicted octanol–water partition coefficient (Wildman–Crippen LogP) is -0.710. The number of rotatable bonds is 2. The molecule has 0 spiro atoms. The minimum Gasteiger partial charge on any atom is -0.384 e. The molecule has 0 aliphatic carbocycles.